The summed E-state index contributed by atoms with van der Waals surface area (Å²) in [5.74, 6) is 4.30. The van der Waals surface area contributed by atoms with Crippen LogP contribution >= 0.6 is 0 Å². The van der Waals surface area contributed by atoms with Crippen molar-refractivity contribution in [2.75, 3.05) is 11.9 Å². The molecular formula is C15H16FN3O. The number of hydrazine groups is 1. The first-order chi connectivity index (χ1) is 9.61. The SMILES string of the molecule is CN(Cc1cc(C(=O)NN)ccc1F)c1ccccc1. The maximum Gasteiger partial charge on any atom is 0.265 e. The second-order valence-electron chi connectivity index (χ2n) is 4.47. The van der Waals surface area contributed by atoms with Crippen LogP contribution in [0.3, 0.4) is 0 Å². The van der Waals surface area contributed by atoms with E-state index in [1.807, 2.05) is 47.7 Å². The van der Waals surface area contributed by atoms with E-state index >= 15 is 0 Å². The van der Waals surface area contributed by atoms with Gasteiger partial charge in [-0.2, -0.15) is 0 Å². The van der Waals surface area contributed by atoms with Gasteiger partial charge in [0, 0.05) is 30.4 Å². The summed E-state index contributed by atoms with van der Waals surface area (Å²) in [5, 5.41) is 0. The lowest BCUT2D eigenvalue weighted by Crippen LogP contribution is -2.30. The van der Waals surface area contributed by atoms with E-state index in [-0.39, 0.29) is 5.82 Å². The Hall–Kier alpha value is -2.40. The number of rotatable bonds is 4. The minimum Gasteiger partial charge on any atom is -0.370 e. The summed E-state index contributed by atoms with van der Waals surface area (Å²) in [6, 6.07) is 13.8. The average Bonchev–Trinajstić information content (AvgIpc) is 2.49. The number of hydrogen-bond donors (Lipinski definition) is 2. The molecule has 2 aromatic rings. The van der Waals surface area contributed by atoms with E-state index in [4.69, 9.17) is 5.84 Å². The molecule has 20 heavy (non-hydrogen) atoms. The van der Waals surface area contributed by atoms with Gasteiger partial charge >= 0.3 is 0 Å². The summed E-state index contributed by atoms with van der Waals surface area (Å²) >= 11 is 0. The second-order valence-corrected chi connectivity index (χ2v) is 4.47. The van der Waals surface area contributed by atoms with E-state index in [0.29, 0.717) is 17.7 Å². The highest BCUT2D eigenvalue weighted by molar-refractivity contribution is 5.93. The van der Waals surface area contributed by atoms with Gasteiger partial charge in [-0.3, -0.25) is 10.2 Å². The third-order valence-corrected chi connectivity index (χ3v) is 3.04. The summed E-state index contributed by atoms with van der Waals surface area (Å²) in [6.07, 6.45) is 0. The Balaban J connectivity index is 2.22. The molecule has 0 aliphatic carbocycles. The van der Waals surface area contributed by atoms with E-state index in [1.54, 1.807) is 0 Å². The number of carbonyl (C=O) groups is 1. The second kappa shape index (κ2) is 6.16. The molecule has 0 saturated carbocycles. The zero-order chi connectivity index (χ0) is 14.5. The fraction of sp³-hybridized carbons (Fsp3) is 0.133. The number of nitrogen functional groups attached to an aromatic ring is 1. The van der Waals surface area contributed by atoms with Crippen LogP contribution < -0.4 is 16.2 Å². The first kappa shape index (κ1) is 14.0. The fourth-order valence-electron chi connectivity index (χ4n) is 1.95. The van der Waals surface area contributed by atoms with E-state index in [9.17, 15) is 9.18 Å². The molecule has 3 N–H and O–H groups in total. The Morgan fingerprint density at radius 3 is 2.60 bits per heavy atom. The molecule has 0 saturated heterocycles. The van der Waals surface area contributed by atoms with Crippen molar-refractivity contribution >= 4 is 11.6 Å². The van der Waals surface area contributed by atoms with E-state index < -0.39 is 5.91 Å². The smallest absolute Gasteiger partial charge is 0.265 e. The lowest BCUT2D eigenvalue weighted by Gasteiger charge is -2.20. The molecule has 4 nitrogen and oxygen atoms in total. The Kier molecular flexibility index (Phi) is 4.32. The average molecular weight is 273 g/mol. The molecule has 0 atom stereocenters. The fourth-order valence-corrected chi connectivity index (χ4v) is 1.95. The predicted octanol–water partition coefficient (Wildman–Crippen LogP) is 2.07. The van der Waals surface area contributed by atoms with Gasteiger partial charge in [0.05, 0.1) is 0 Å². The van der Waals surface area contributed by atoms with Gasteiger partial charge in [-0.15, -0.1) is 0 Å². The summed E-state index contributed by atoms with van der Waals surface area (Å²) in [6.45, 7) is 0.363. The molecule has 0 unspecified atom stereocenters. The minimum absolute atomic E-state index is 0.338. The van der Waals surface area contributed by atoms with Crippen molar-refractivity contribution in [3.63, 3.8) is 0 Å². The van der Waals surface area contributed by atoms with E-state index in [2.05, 4.69) is 0 Å². The largest absolute Gasteiger partial charge is 0.370 e. The first-order valence-electron chi connectivity index (χ1n) is 6.17. The first-order valence-corrected chi connectivity index (χ1v) is 6.17. The zero-order valence-electron chi connectivity index (χ0n) is 11.1. The standard InChI is InChI=1S/C15H16FN3O/c1-19(13-5-3-2-4-6-13)10-12-9-11(15(20)18-17)7-8-14(12)16/h2-9H,10,17H2,1H3,(H,18,20). The van der Waals surface area contributed by atoms with Crippen LogP contribution in [0.4, 0.5) is 10.1 Å². The maximum absolute atomic E-state index is 13.8. The van der Waals surface area contributed by atoms with Crippen molar-refractivity contribution < 1.29 is 9.18 Å². The highest BCUT2D eigenvalue weighted by Crippen LogP contribution is 2.17. The summed E-state index contributed by atoms with van der Waals surface area (Å²) in [7, 11) is 1.87. The molecule has 0 spiro atoms. The Morgan fingerprint density at radius 2 is 1.95 bits per heavy atom. The quantitative estimate of drug-likeness (QED) is 0.509. The molecule has 1 amide bonds. The van der Waals surface area contributed by atoms with Gasteiger partial charge in [0.25, 0.3) is 5.91 Å². The van der Waals surface area contributed by atoms with Crippen LogP contribution in [0.1, 0.15) is 15.9 Å². The highest BCUT2D eigenvalue weighted by Gasteiger charge is 2.10. The monoisotopic (exact) mass is 273 g/mol. The highest BCUT2D eigenvalue weighted by atomic mass is 19.1. The summed E-state index contributed by atoms with van der Waals surface area (Å²) < 4.78 is 13.8. The number of carbonyl (C=O) groups excluding carboxylic acids is 1. The van der Waals surface area contributed by atoms with Crippen LogP contribution in [-0.2, 0) is 6.54 Å². The van der Waals surface area contributed by atoms with Crippen LogP contribution in [0.15, 0.2) is 48.5 Å². The molecule has 2 rings (SSSR count). The van der Waals surface area contributed by atoms with Crippen molar-refractivity contribution in [3.8, 4) is 0 Å². The molecule has 0 aliphatic rings. The van der Waals surface area contributed by atoms with Crippen molar-refractivity contribution in [2.24, 2.45) is 5.84 Å². The third-order valence-electron chi connectivity index (χ3n) is 3.04. The number of anilines is 1. The molecular weight excluding hydrogens is 257 g/mol. The number of halogens is 1. The number of nitrogens with zero attached hydrogens (tertiary/aromatic N) is 1. The van der Waals surface area contributed by atoms with Gasteiger partial charge in [-0.25, -0.2) is 10.2 Å². The lowest BCUT2D eigenvalue weighted by atomic mass is 10.1. The predicted molar refractivity (Wildman–Crippen MR) is 76.6 cm³/mol. The Labute approximate surface area is 117 Å². The van der Waals surface area contributed by atoms with Crippen LogP contribution in [-0.4, -0.2) is 13.0 Å². The van der Waals surface area contributed by atoms with Gasteiger partial charge in [-0.1, -0.05) is 18.2 Å². The van der Waals surface area contributed by atoms with Crippen LogP contribution in [0.5, 0.6) is 0 Å². The number of benzene rings is 2. The minimum atomic E-state index is -0.436. The molecule has 0 bridgehead atoms. The van der Waals surface area contributed by atoms with Crippen molar-refractivity contribution in [3.05, 3.63) is 65.5 Å². The molecule has 5 heteroatoms. The number of para-hydroxylation sites is 1. The van der Waals surface area contributed by atoms with E-state index in [1.165, 1.54) is 18.2 Å². The summed E-state index contributed by atoms with van der Waals surface area (Å²) in [4.78, 5) is 13.4. The normalized spacial score (nSPS) is 10.2. The number of nitrogens with one attached hydrogen (secondary N) is 1. The van der Waals surface area contributed by atoms with Crippen molar-refractivity contribution in [1.82, 2.24) is 5.43 Å². The zero-order valence-corrected chi connectivity index (χ0v) is 11.1. The molecule has 0 aliphatic heterocycles. The van der Waals surface area contributed by atoms with Gasteiger partial charge in [0.2, 0.25) is 0 Å². The molecule has 104 valence electrons. The van der Waals surface area contributed by atoms with E-state index in [0.717, 1.165) is 5.69 Å². The number of hydrogen-bond acceptors (Lipinski definition) is 3. The third kappa shape index (κ3) is 3.13. The molecule has 0 heterocycles. The van der Waals surface area contributed by atoms with Crippen LogP contribution in [0.25, 0.3) is 0 Å². The lowest BCUT2D eigenvalue weighted by molar-refractivity contribution is 0.0953. The number of nitrogens with two attached hydrogens (primary N) is 1. The van der Waals surface area contributed by atoms with Gasteiger partial charge in [0.1, 0.15) is 5.82 Å². The van der Waals surface area contributed by atoms with Crippen LogP contribution in [0, 0.1) is 5.82 Å². The van der Waals surface area contributed by atoms with Crippen LogP contribution in [0.2, 0.25) is 0 Å². The Morgan fingerprint density at radius 1 is 1.25 bits per heavy atom. The molecule has 0 radical (unpaired) electrons. The van der Waals surface area contributed by atoms with Gasteiger partial charge in [-0.05, 0) is 30.3 Å². The topological polar surface area (TPSA) is 58.4 Å². The Bertz CT molecular complexity index is 601. The van der Waals surface area contributed by atoms with Gasteiger partial charge in [0.15, 0.2) is 0 Å². The summed E-state index contributed by atoms with van der Waals surface area (Å²) in [5.41, 5.74) is 3.79. The molecule has 0 fully saturated rings. The van der Waals surface area contributed by atoms with Crippen molar-refractivity contribution in [1.29, 1.82) is 0 Å². The van der Waals surface area contributed by atoms with Gasteiger partial charge < -0.3 is 4.90 Å². The number of amides is 1. The molecule has 2 aromatic carbocycles. The molecule has 0 aromatic heterocycles. The maximum atomic E-state index is 13.8. The van der Waals surface area contributed by atoms with Crippen molar-refractivity contribution in [2.45, 2.75) is 6.54 Å².